The van der Waals surface area contributed by atoms with Gasteiger partial charge in [-0.25, -0.2) is 0 Å². The summed E-state index contributed by atoms with van der Waals surface area (Å²) in [4.78, 5) is 17.3. The van der Waals surface area contributed by atoms with Crippen molar-refractivity contribution in [2.45, 2.75) is 39.0 Å². The average molecular weight is 660 g/mol. The number of phenolic OH excluding ortho intramolecular Hbond substituents is 1. The first-order valence-corrected chi connectivity index (χ1v) is 16.7. The largest absolute Gasteiger partial charge is 0.508 e. The summed E-state index contributed by atoms with van der Waals surface area (Å²) in [6, 6.07) is 28.6. The summed E-state index contributed by atoms with van der Waals surface area (Å²) in [5.74, 6) is 1.44. The lowest BCUT2D eigenvalue weighted by atomic mass is 9.97. The van der Waals surface area contributed by atoms with Crippen molar-refractivity contribution in [2.75, 3.05) is 26.9 Å². The van der Waals surface area contributed by atoms with Gasteiger partial charge in [0.2, 0.25) is 5.75 Å². The van der Waals surface area contributed by atoms with E-state index in [-0.39, 0.29) is 35.5 Å². The number of aromatic amines is 1. The van der Waals surface area contributed by atoms with E-state index in [2.05, 4.69) is 54.4 Å². The van der Waals surface area contributed by atoms with Crippen molar-refractivity contribution < 1.29 is 28.8 Å². The smallest absolute Gasteiger partial charge is 0.204 e. The fourth-order valence-corrected chi connectivity index (χ4v) is 5.99. The van der Waals surface area contributed by atoms with Gasteiger partial charge in [-0.2, -0.15) is 0 Å². The van der Waals surface area contributed by atoms with Gasteiger partial charge in [-0.05, 0) is 71.8 Å². The van der Waals surface area contributed by atoms with Crippen molar-refractivity contribution >= 4 is 11.0 Å². The van der Waals surface area contributed by atoms with Crippen LogP contribution in [0.15, 0.2) is 106 Å². The molecule has 6 aromatic rings. The number of fused-ring (bicyclic) bond motifs is 1. The van der Waals surface area contributed by atoms with Crippen molar-refractivity contribution in [3.8, 4) is 45.4 Å². The van der Waals surface area contributed by atoms with Crippen LogP contribution in [-0.4, -0.2) is 42.1 Å². The molecule has 2 heterocycles. The first-order chi connectivity index (χ1) is 24.0. The molecule has 0 amide bonds. The molecular formula is C41H41NO7. The van der Waals surface area contributed by atoms with E-state index in [4.69, 9.17) is 18.6 Å². The van der Waals surface area contributed by atoms with E-state index in [0.29, 0.717) is 66.3 Å². The van der Waals surface area contributed by atoms with Gasteiger partial charge in [0.1, 0.15) is 22.5 Å². The number of benzene rings is 4. The second kappa shape index (κ2) is 15.6. The first kappa shape index (κ1) is 33.4. The van der Waals surface area contributed by atoms with Crippen LogP contribution in [0.25, 0.3) is 33.4 Å². The molecule has 6 rings (SSSR count). The third-order valence-electron chi connectivity index (χ3n) is 8.57. The molecule has 3 N–H and O–H groups in total. The topological polar surface area (TPSA) is 114 Å². The zero-order chi connectivity index (χ0) is 34.2. The number of rotatable bonds is 15. The second-order valence-electron chi connectivity index (χ2n) is 11.9. The van der Waals surface area contributed by atoms with Gasteiger partial charge in [0.05, 0.1) is 20.3 Å². The van der Waals surface area contributed by atoms with Gasteiger partial charge in [0.15, 0.2) is 16.9 Å². The summed E-state index contributed by atoms with van der Waals surface area (Å²) < 4.78 is 25.3. The molecule has 0 saturated carbocycles. The Morgan fingerprint density at radius 2 is 1.53 bits per heavy atom. The molecule has 2 aromatic heterocycles. The number of aromatic hydroxyl groups is 1. The van der Waals surface area contributed by atoms with Crippen LogP contribution in [0.3, 0.4) is 0 Å². The molecule has 0 bridgehead atoms. The third-order valence-corrected chi connectivity index (χ3v) is 8.57. The van der Waals surface area contributed by atoms with Crippen LogP contribution in [0.2, 0.25) is 0 Å². The van der Waals surface area contributed by atoms with Gasteiger partial charge in [-0.3, -0.25) is 4.79 Å². The lowest BCUT2D eigenvalue weighted by molar-refractivity contribution is 0.226. The molecule has 0 radical (unpaired) electrons. The van der Waals surface area contributed by atoms with Crippen LogP contribution < -0.4 is 19.6 Å². The Balaban J connectivity index is 1.48. The summed E-state index contributed by atoms with van der Waals surface area (Å²) in [5.41, 5.74) is 7.02. The van der Waals surface area contributed by atoms with E-state index in [0.717, 1.165) is 28.7 Å². The number of aryl methyl sites for hydroxylation is 3. The fraction of sp³-hybridized carbons (Fsp3) is 0.244. The normalized spacial score (nSPS) is 11.2. The van der Waals surface area contributed by atoms with E-state index in [1.165, 1.54) is 18.9 Å². The number of phenols is 1. The zero-order valence-corrected chi connectivity index (χ0v) is 27.8. The van der Waals surface area contributed by atoms with E-state index in [9.17, 15) is 15.0 Å². The molecule has 252 valence electrons. The van der Waals surface area contributed by atoms with Crippen molar-refractivity contribution in [3.05, 3.63) is 130 Å². The molecule has 4 aromatic carbocycles. The predicted octanol–water partition coefficient (Wildman–Crippen LogP) is 7.90. The SMILES string of the molecule is CCc1cc(-c2cccc(CCc3c(OCCc4ccccc4)c(OC)c(OCCCO)c4c(=O)cc(-c5ccc(O)cc5)oc34)c2)c[nH]1. The minimum atomic E-state index is -0.306. The Hall–Kier alpha value is -5.47. The second-order valence-corrected chi connectivity index (χ2v) is 11.9. The summed E-state index contributed by atoms with van der Waals surface area (Å²) in [7, 11) is 1.53. The average Bonchev–Trinajstić information content (AvgIpc) is 3.62. The number of nitrogens with one attached hydrogen (secondary N) is 1. The molecule has 8 heteroatoms. The van der Waals surface area contributed by atoms with Crippen LogP contribution in [0.5, 0.6) is 23.0 Å². The Labute approximate surface area is 285 Å². The van der Waals surface area contributed by atoms with Crippen molar-refractivity contribution in [3.63, 3.8) is 0 Å². The van der Waals surface area contributed by atoms with Gasteiger partial charge >= 0.3 is 0 Å². The summed E-state index contributed by atoms with van der Waals surface area (Å²) >= 11 is 0. The highest BCUT2D eigenvalue weighted by molar-refractivity contribution is 5.93. The Kier molecular flexibility index (Phi) is 10.7. The highest BCUT2D eigenvalue weighted by Crippen LogP contribution is 2.47. The number of methoxy groups -OCH3 is 1. The lowest BCUT2D eigenvalue weighted by Crippen LogP contribution is -2.12. The van der Waals surface area contributed by atoms with Gasteiger partial charge in [0, 0.05) is 48.5 Å². The van der Waals surface area contributed by atoms with Crippen LogP contribution in [-0.2, 0) is 25.7 Å². The monoisotopic (exact) mass is 659 g/mol. The van der Waals surface area contributed by atoms with Gasteiger partial charge in [-0.15, -0.1) is 0 Å². The minimum Gasteiger partial charge on any atom is -0.508 e. The van der Waals surface area contributed by atoms with E-state index in [1.807, 2.05) is 24.4 Å². The van der Waals surface area contributed by atoms with Crippen LogP contribution in [0.4, 0.5) is 0 Å². The van der Waals surface area contributed by atoms with Crippen LogP contribution >= 0.6 is 0 Å². The number of aliphatic hydroxyl groups is 1. The predicted molar refractivity (Wildman–Crippen MR) is 192 cm³/mol. The molecule has 0 atom stereocenters. The maximum absolute atomic E-state index is 14.0. The molecule has 0 aliphatic rings. The minimum absolute atomic E-state index is 0.0695. The summed E-state index contributed by atoms with van der Waals surface area (Å²) in [5, 5.41) is 19.6. The third kappa shape index (κ3) is 7.66. The molecule has 0 aliphatic heterocycles. The number of hydrogen-bond donors (Lipinski definition) is 3. The maximum atomic E-state index is 14.0. The van der Waals surface area contributed by atoms with Crippen molar-refractivity contribution in [1.82, 2.24) is 4.98 Å². The molecule has 0 saturated heterocycles. The van der Waals surface area contributed by atoms with Gasteiger partial charge in [-0.1, -0.05) is 61.5 Å². The van der Waals surface area contributed by atoms with Gasteiger partial charge < -0.3 is 33.8 Å². The van der Waals surface area contributed by atoms with E-state index in [1.54, 1.807) is 24.3 Å². The lowest BCUT2D eigenvalue weighted by Gasteiger charge is -2.21. The van der Waals surface area contributed by atoms with E-state index >= 15 is 0 Å². The molecule has 8 nitrogen and oxygen atoms in total. The standard InChI is InChI=1S/C41H41NO7/c1-3-32-24-31(26-42-32)30-12-7-11-28(23-30)13-18-34-38-37(35(45)25-36(49-38)29-14-16-33(44)17-15-29)40(47-21-8-20-43)41(46-2)39(34)48-22-19-27-9-5-4-6-10-27/h4-7,9-12,14-17,23-26,42-44H,3,8,13,18-22H2,1-2H3. The highest BCUT2D eigenvalue weighted by atomic mass is 16.5. The maximum Gasteiger partial charge on any atom is 0.204 e. The quantitative estimate of drug-likeness (QED) is 0.0961. The highest BCUT2D eigenvalue weighted by Gasteiger charge is 2.27. The summed E-state index contributed by atoms with van der Waals surface area (Å²) in [6.45, 7) is 2.56. The molecule has 0 spiro atoms. The van der Waals surface area contributed by atoms with Crippen LogP contribution in [0, 0.1) is 0 Å². The number of aromatic nitrogens is 1. The van der Waals surface area contributed by atoms with Crippen LogP contribution in [0.1, 0.15) is 35.7 Å². The molecule has 0 fully saturated rings. The molecule has 0 unspecified atom stereocenters. The number of aliphatic hydroxyl groups excluding tert-OH is 1. The first-order valence-electron chi connectivity index (χ1n) is 16.7. The Morgan fingerprint density at radius 3 is 2.27 bits per heavy atom. The fourth-order valence-electron chi connectivity index (χ4n) is 5.99. The number of H-pyrrole nitrogens is 1. The number of ether oxygens (including phenoxy) is 3. The molecular weight excluding hydrogens is 618 g/mol. The number of hydrogen-bond acceptors (Lipinski definition) is 7. The zero-order valence-electron chi connectivity index (χ0n) is 27.8. The Morgan fingerprint density at radius 1 is 0.755 bits per heavy atom. The summed E-state index contributed by atoms with van der Waals surface area (Å²) in [6.07, 6.45) is 5.08. The molecule has 49 heavy (non-hydrogen) atoms. The molecule has 0 aliphatic carbocycles. The van der Waals surface area contributed by atoms with Crippen molar-refractivity contribution in [1.29, 1.82) is 0 Å². The van der Waals surface area contributed by atoms with Crippen molar-refractivity contribution in [2.24, 2.45) is 0 Å². The van der Waals surface area contributed by atoms with Gasteiger partial charge in [0.25, 0.3) is 0 Å². The van der Waals surface area contributed by atoms with E-state index < -0.39 is 0 Å². The Bertz CT molecular complexity index is 2060.